The largest absolute Gasteiger partial charge is 0.369 e. The summed E-state index contributed by atoms with van der Waals surface area (Å²) < 4.78 is 18.9. The maximum Gasteiger partial charge on any atom is 0.138 e. The molecule has 2 aliphatic rings. The fourth-order valence-corrected chi connectivity index (χ4v) is 2.84. The molecule has 1 aromatic carbocycles. The summed E-state index contributed by atoms with van der Waals surface area (Å²) in [5, 5.41) is 0. The molecule has 0 N–H and O–H groups in total. The lowest BCUT2D eigenvalue weighted by Gasteiger charge is -2.33. The summed E-state index contributed by atoms with van der Waals surface area (Å²) >= 11 is 0. The first-order valence-electron chi connectivity index (χ1n) is 5.64. The molecule has 1 spiro atoms. The second-order valence-electron chi connectivity index (χ2n) is 4.61. The van der Waals surface area contributed by atoms with Crippen LogP contribution in [0.4, 0.5) is 4.39 Å². The van der Waals surface area contributed by atoms with Crippen molar-refractivity contribution >= 4 is 5.78 Å². The molecule has 1 fully saturated rings. The number of rotatable bonds is 0. The van der Waals surface area contributed by atoms with E-state index >= 15 is 0 Å². The van der Waals surface area contributed by atoms with E-state index < -0.39 is 5.60 Å². The molecular formula is C13H13FO2. The van der Waals surface area contributed by atoms with E-state index in [0.717, 1.165) is 24.0 Å². The Balaban J connectivity index is 2.04. The number of halogens is 1. The van der Waals surface area contributed by atoms with Crippen LogP contribution < -0.4 is 0 Å². The summed E-state index contributed by atoms with van der Waals surface area (Å²) in [6.45, 7) is 0.496. The molecule has 1 unspecified atom stereocenters. The maximum atomic E-state index is 13.1. The molecular weight excluding hydrogens is 207 g/mol. The molecule has 0 radical (unpaired) electrons. The highest BCUT2D eigenvalue weighted by atomic mass is 19.1. The highest BCUT2D eigenvalue weighted by Gasteiger charge is 2.43. The van der Waals surface area contributed by atoms with E-state index in [1.54, 1.807) is 12.1 Å². The van der Waals surface area contributed by atoms with Gasteiger partial charge in [-0.25, -0.2) is 4.39 Å². The fraction of sp³-hybridized carbons (Fsp3) is 0.462. The predicted octanol–water partition coefficient (Wildman–Crippen LogP) is 2.35. The van der Waals surface area contributed by atoms with Gasteiger partial charge in [0, 0.05) is 12.8 Å². The van der Waals surface area contributed by atoms with Crippen molar-refractivity contribution in [3.63, 3.8) is 0 Å². The van der Waals surface area contributed by atoms with Crippen LogP contribution >= 0.6 is 0 Å². The van der Waals surface area contributed by atoms with Gasteiger partial charge in [-0.15, -0.1) is 0 Å². The molecule has 16 heavy (non-hydrogen) atoms. The van der Waals surface area contributed by atoms with Crippen LogP contribution in [0, 0.1) is 5.82 Å². The first-order chi connectivity index (χ1) is 7.70. The van der Waals surface area contributed by atoms with E-state index in [1.807, 2.05) is 0 Å². The molecule has 1 saturated heterocycles. The van der Waals surface area contributed by atoms with Crippen LogP contribution in [0.3, 0.4) is 0 Å². The van der Waals surface area contributed by atoms with Crippen LogP contribution in [0.2, 0.25) is 0 Å². The monoisotopic (exact) mass is 220 g/mol. The number of carbonyl (C=O) groups excluding carboxylic acids is 1. The lowest BCUT2D eigenvalue weighted by atomic mass is 9.87. The molecule has 1 aliphatic heterocycles. The fourth-order valence-electron chi connectivity index (χ4n) is 2.84. The topological polar surface area (TPSA) is 26.3 Å². The highest BCUT2D eigenvalue weighted by molar-refractivity contribution is 5.80. The van der Waals surface area contributed by atoms with Crippen LogP contribution in [-0.4, -0.2) is 12.4 Å². The third-order valence-electron chi connectivity index (χ3n) is 3.60. The Morgan fingerprint density at radius 2 is 2.19 bits per heavy atom. The third-order valence-corrected chi connectivity index (χ3v) is 3.60. The summed E-state index contributed by atoms with van der Waals surface area (Å²) in [6, 6.07) is 4.79. The summed E-state index contributed by atoms with van der Waals surface area (Å²) in [4.78, 5) is 11.5. The molecule has 1 atom stereocenters. The smallest absolute Gasteiger partial charge is 0.138 e. The van der Waals surface area contributed by atoms with E-state index in [4.69, 9.17) is 4.74 Å². The van der Waals surface area contributed by atoms with Crippen molar-refractivity contribution in [1.82, 2.24) is 0 Å². The molecule has 1 aromatic rings. The summed E-state index contributed by atoms with van der Waals surface area (Å²) in [7, 11) is 0. The average Bonchev–Trinajstić information content (AvgIpc) is 2.57. The molecule has 0 amide bonds. The Hall–Kier alpha value is -1.22. The van der Waals surface area contributed by atoms with E-state index in [1.165, 1.54) is 6.07 Å². The Morgan fingerprint density at radius 1 is 1.31 bits per heavy atom. The van der Waals surface area contributed by atoms with Gasteiger partial charge in [-0.3, -0.25) is 4.79 Å². The normalized spacial score (nSPS) is 28.4. The van der Waals surface area contributed by atoms with Gasteiger partial charge in [0.25, 0.3) is 0 Å². The van der Waals surface area contributed by atoms with Gasteiger partial charge in [0.2, 0.25) is 0 Å². The van der Waals surface area contributed by atoms with Crippen LogP contribution in [0.25, 0.3) is 0 Å². The number of hydrogen-bond donors (Lipinski definition) is 0. The summed E-state index contributed by atoms with van der Waals surface area (Å²) in [5.74, 6) is 0.0429. The number of benzene rings is 1. The molecule has 3 rings (SSSR count). The van der Waals surface area contributed by atoms with Crippen molar-refractivity contribution in [2.24, 2.45) is 0 Å². The standard InChI is InChI=1S/C13H13FO2/c14-10-1-2-12-9(7-10)3-5-13(12)8-11(15)4-6-16-13/h1-2,7H,3-6,8H2. The zero-order valence-electron chi connectivity index (χ0n) is 8.96. The lowest BCUT2D eigenvalue weighted by Crippen LogP contribution is -2.35. The summed E-state index contributed by atoms with van der Waals surface area (Å²) in [6.07, 6.45) is 2.57. The van der Waals surface area contributed by atoms with Gasteiger partial charge in [-0.2, -0.15) is 0 Å². The number of Topliss-reactive ketones (excluding diaryl/α,β-unsaturated/α-hetero) is 1. The number of hydrogen-bond acceptors (Lipinski definition) is 2. The van der Waals surface area contributed by atoms with Crippen LogP contribution in [0.1, 0.15) is 30.4 Å². The van der Waals surface area contributed by atoms with Crippen molar-refractivity contribution in [1.29, 1.82) is 0 Å². The minimum absolute atomic E-state index is 0.210. The molecule has 84 valence electrons. The van der Waals surface area contributed by atoms with Gasteiger partial charge >= 0.3 is 0 Å². The Labute approximate surface area is 93.4 Å². The second kappa shape index (κ2) is 3.39. The third kappa shape index (κ3) is 1.39. The van der Waals surface area contributed by atoms with E-state index in [0.29, 0.717) is 19.4 Å². The molecule has 1 heterocycles. The van der Waals surface area contributed by atoms with E-state index in [-0.39, 0.29) is 11.6 Å². The van der Waals surface area contributed by atoms with Crippen LogP contribution in [-0.2, 0) is 21.6 Å². The van der Waals surface area contributed by atoms with Gasteiger partial charge in [-0.1, -0.05) is 6.07 Å². The Morgan fingerprint density at radius 3 is 3.00 bits per heavy atom. The second-order valence-corrected chi connectivity index (χ2v) is 4.61. The van der Waals surface area contributed by atoms with Crippen LogP contribution in [0.5, 0.6) is 0 Å². The molecule has 0 aromatic heterocycles. The number of fused-ring (bicyclic) bond motifs is 2. The van der Waals surface area contributed by atoms with Gasteiger partial charge in [0.05, 0.1) is 6.61 Å². The first-order valence-corrected chi connectivity index (χ1v) is 5.64. The van der Waals surface area contributed by atoms with Gasteiger partial charge in [-0.05, 0) is 36.1 Å². The average molecular weight is 220 g/mol. The van der Waals surface area contributed by atoms with Crippen molar-refractivity contribution in [3.05, 3.63) is 35.1 Å². The molecule has 3 heteroatoms. The molecule has 0 bridgehead atoms. The van der Waals surface area contributed by atoms with Gasteiger partial charge in [0.1, 0.15) is 17.2 Å². The molecule has 2 nitrogen and oxygen atoms in total. The van der Waals surface area contributed by atoms with E-state index in [9.17, 15) is 9.18 Å². The van der Waals surface area contributed by atoms with E-state index in [2.05, 4.69) is 0 Å². The first kappa shape index (κ1) is 9.97. The predicted molar refractivity (Wildman–Crippen MR) is 56.6 cm³/mol. The molecule has 1 aliphatic carbocycles. The quantitative estimate of drug-likeness (QED) is 0.670. The number of ether oxygens (including phenoxy) is 1. The Bertz CT molecular complexity index is 455. The lowest BCUT2D eigenvalue weighted by molar-refractivity contribution is -0.141. The van der Waals surface area contributed by atoms with Crippen LogP contribution in [0.15, 0.2) is 18.2 Å². The maximum absolute atomic E-state index is 13.1. The van der Waals surface area contributed by atoms with Gasteiger partial charge in [0.15, 0.2) is 0 Å². The number of ketones is 1. The Kier molecular flexibility index (Phi) is 2.11. The summed E-state index contributed by atoms with van der Waals surface area (Å²) in [5.41, 5.74) is 1.56. The SMILES string of the molecule is O=C1CCOC2(CCc3cc(F)ccc32)C1. The number of aryl methyl sites for hydroxylation is 1. The minimum Gasteiger partial charge on any atom is -0.369 e. The zero-order chi connectivity index (χ0) is 11.2. The zero-order valence-corrected chi connectivity index (χ0v) is 8.96. The highest BCUT2D eigenvalue weighted by Crippen LogP contribution is 2.44. The van der Waals surface area contributed by atoms with Crippen molar-refractivity contribution in [3.8, 4) is 0 Å². The number of carbonyl (C=O) groups is 1. The van der Waals surface area contributed by atoms with Crippen molar-refractivity contribution in [2.75, 3.05) is 6.61 Å². The van der Waals surface area contributed by atoms with Crippen molar-refractivity contribution in [2.45, 2.75) is 31.3 Å². The van der Waals surface area contributed by atoms with Crippen molar-refractivity contribution < 1.29 is 13.9 Å². The van der Waals surface area contributed by atoms with Gasteiger partial charge < -0.3 is 4.74 Å². The minimum atomic E-state index is -0.446. The molecule has 0 saturated carbocycles.